The molecule has 2 amide bonds. The van der Waals surface area contributed by atoms with Crippen molar-refractivity contribution in [1.29, 1.82) is 0 Å². The van der Waals surface area contributed by atoms with Crippen molar-refractivity contribution >= 4 is 55.0 Å². The number of amides is 2. The minimum atomic E-state index is -5.23. The third-order valence-electron chi connectivity index (χ3n) is 11.1. The molecule has 0 bridgehead atoms. The van der Waals surface area contributed by atoms with Gasteiger partial charge >= 0.3 is 26.6 Å². The van der Waals surface area contributed by atoms with Gasteiger partial charge in [0.1, 0.15) is 54.0 Å². The maximum absolute atomic E-state index is 16.5. The van der Waals surface area contributed by atoms with Crippen LogP contribution in [0.3, 0.4) is 0 Å². The molecule has 2 aromatic carbocycles. The largest absolute Gasteiger partial charge is 0.494 e. The van der Waals surface area contributed by atoms with Gasteiger partial charge in [-0.05, 0) is 65.8 Å². The first kappa shape index (κ1) is 48.9. The number of carbonyl (C=O) groups is 2. The van der Waals surface area contributed by atoms with E-state index in [-0.39, 0.29) is 28.5 Å². The second-order valence-corrected chi connectivity index (χ2v) is 21.3. The van der Waals surface area contributed by atoms with Gasteiger partial charge in [0.15, 0.2) is 36.3 Å². The molecule has 3 unspecified atom stereocenters. The Morgan fingerprint density at radius 3 is 2.33 bits per heavy atom. The van der Waals surface area contributed by atoms with E-state index in [0.29, 0.717) is 34.9 Å². The summed E-state index contributed by atoms with van der Waals surface area (Å²) in [7, 11) is -5.23. The van der Waals surface area contributed by atoms with Gasteiger partial charge in [-0.15, -0.1) is 0 Å². The number of aliphatic hydroxyl groups is 1. The van der Waals surface area contributed by atoms with Crippen molar-refractivity contribution in [1.82, 2.24) is 29.7 Å². The Bertz CT molecular complexity index is 2500. The predicted molar refractivity (Wildman–Crippen MR) is 235 cm³/mol. The second-order valence-electron chi connectivity index (χ2n) is 15.8. The fourth-order valence-electron chi connectivity index (χ4n) is 7.60. The van der Waals surface area contributed by atoms with Crippen LogP contribution in [0.2, 0.25) is 0 Å². The summed E-state index contributed by atoms with van der Waals surface area (Å²) >= 11 is 0.606. The summed E-state index contributed by atoms with van der Waals surface area (Å²) in [5.41, 5.74) is 6.91. The summed E-state index contributed by atoms with van der Waals surface area (Å²) < 4.78 is 108. The highest BCUT2D eigenvalue weighted by Crippen LogP contribution is 2.64. The number of unbranched alkanes of at least 4 members (excludes halogenated alkanes) is 5. The van der Waals surface area contributed by atoms with Crippen LogP contribution in [0.4, 0.5) is 19.4 Å². The van der Waals surface area contributed by atoms with Crippen LogP contribution in [0.1, 0.15) is 67.6 Å². The van der Waals surface area contributed by atoms with Crippen molar-refractivity contribution in [2.45, 2.75) is 107 Å². The molecule has 4 aliphatic rings. The number of nitrogens with one attached hydrogen (secondary N) is 1. The molecule has 362 valence electrons. The highest BCUT2D eigenvalue weighted by molar-refractivity contribution is 8.54. The topological polar surface area (TPSA) is 267 Å². The summed E-state index contributed by atoms with van der Waals surface area (Å²) in [5, 5.41) is 12.0. The Hall–Kier alpha value is -4.58. The van der Waals surface area contributed by atoms with Gasteiger partial charge in [0, 0.05) is 12.0 Å². The normalized spacial score (nSPS) is 31.1. The van der Waals surface area contributed by atoms with E-state index in [9.17, 15) is 28.7 Å². The number of urea groups is 1. The first-order chi connectivity index (χ1) is 32.2. The molecule has 4 aliphatic heterocycles. The number of nitrogens with zero attached hydrogens (tertiary/aromatic N) is 5. The minimum absolute atomic E-state index is 0.0106. The number of carbonyl (C=O) groups excluding carboxylic acids is 2. The smallest absolute Gasteiger partial charge is 0.472 e. The number of aromatic nitrogens is 4. The number of hydrogen-bond acceptors (Lipinski definition) is 18. The number of benzene rings is 2. The van der Waals surface area contributed by atoms with Gasteiger partial charge in [-0.3, -0.25) is 27.6 Å². The van der Waals surface area contributed by atoms with E-state index >= 15 is 8.78 Å². The second kappa shape index (κ2) is 21.4. The standard InChI is InChI=1S/C41H49F2N7O14P2S/c1-2-3-4-5-6-7-18-57-26-14-10-25(11-15-26)40(52)60-27-12-8-24(9-13-27)21-67-66(56)59-20-29-34(31(42)39(62-29)50-23-47-33-36(44)45-22-46-37(33)50)63-65(54,55)58-19-28-35(64-66)32(43)38(61-28)49-17-16-30(51)48-41(49)53/h8-17,22-23,28-32,34-35,38-39,51H,2-7,18-21H2,1H3,(H,48,53)(H,54,55)(H2,44,45,46)/t28-,29-,30?,31-,32-,34-,35-,38-,39-,66?/m1/s1. The van der Waals surface area contributed by atoms with Crippen LogP contribution in [0.25, 0.3) is 11.2 Å². The van der Waals surface area contributed by atoms with E-state index in [2.05, 4.69) is 27.2 Å². The van der Waals surface area contributed by atoms with Gasteiger partial charge in [-0.25, -0.2) is 42.5 Å². The number of esters is 1. The predicted octanol–water partition coefficient (Wildman–Crippen LogP) is 6.48. The van der Waals surface area contributed by atoms with Crippen LogP contribution < -0.4 is 20.5 Å². The first-order valence-corrected chi connectivity index (χ1v) is 26.1. The van der Waals surface area contributed by atoms with Crippen LogP contribution in [0.15, 0.2) is 73.5 Å². The van der Waals surface area contributed by atoms with E-state index in [1.807, 2.05) is 0 Å². The van der Waals surface area contributed by atoms with E-state index in [1.54, 1.807) is 36.4 Å². The number of phosphoric ester groups is 1. The molecule has 5 N–H and O–H groups in total. The number of imidazole rings is 1. The van der Waals surface area contributed by atoms with Gasteiger partial charge in [-0.1, -0.05) is 51.2 Å². The molecule has 2 aromatic heterocycles. The molecule has 6 heterocycles. The number of rotatable bonds is 15. The Kier molecular flexibility index (Phi) is 15.6. The maximum atomic E-state index is 16.5. The fraction of sp³-hybridized carbons (Fsp3) is 0.488. The molecule has 0 aliphatic carbocycles. The van der Waals surface area contributed by atoms with E-state index < -0.39 is 95.3 Å². The molecular formula is C41H49F2N7O14P2S. The lowest BCUT2D eigenvalue weighted by molar-refractivity contribution is -0.0677. The molecular weight excluding hydrogens is 946 g/mol. The molecule has 3 saturated heterocycles. The Morgan fingerprint density at radius 1 is 0.910 bits per heavy atom. The quantitative estimate of drug-likeness (QED) is 0.0429. The summed E-state index contributed by atoms with van der Waals surface area (Å²) in [6.45, 7) is -3.62. The molecule has 3 fully saturated rings. The lowest BCUT2D eigenvalue weighted by Crippen LogP contribution is -2.52. The summed E-state index contributed by atoms with van der Waals surface area (Å²) in [6, 6.07) is 11.9. The number of anilines is 1. The summed E-state index contributed by atoms with van der Waals surface area (Å²) in [5.74, 6) is 0.111. The number of hydrogen-bond donors (Lipinski definition) is 4. The van der Waals surface area contributed by atoms with Crippen molar-refractivity contribution in [3.63, 3.8) is 0 Å². The molecule has 0 radical (unpaired) electrons. The molecule has 67 heavy (non-hydrogen) atoms. The lowest BCUT2D eigenvalue weighted by Gasteiger charge is -2.30. The Balaban J connectivity index is 0.972. The van der Waals surface area contributed by atoms with Crippen molar-refractivity contribution in [3.8, 4) is 11.5 Å². The summed E-state index contributed by atoms with van der Waals surface area (Å²) in [6.07, 6.45) is -4.93. The summed E-state index contributed by atoms with van der Waals surface area (Å²) in [4.78, 5) is 49.4. The monoisotopic (exact) mass is 995 g/mol. The zero-order valence-corrected chi connectivity index (χ0v) is 38.5. The van der Waals surface area contributed by atoms with Gasteiger partial charge in [0.25, 0.3) is 0 Å². The van der Waals surface area contributed by atoms with Crippen molar-refractivity contribution in [2.24, 2.45) is 0 Å². The minimum Gasteiger partial charge on any atom is -0.494 e. The number of phosphoric acid groups is 1. The van der Waals surface area contributed by atoms with Gasteiger partial charge in [0.05, 0.1) is 31.7 Å². The third kappa shape index (κ3) is 11.7. The molecule has 8 rings (SSSR count). The highest BCUT2D eigenvalue weighted by Gasteiger charge is 2.56. The number of fused-ring (bicyclic) bond motifs is 3. The van der Waals surface area contributed by atoms with Gasteiger partial charge < -0.3 is 40.0 Å². The van der Waals surface area contributed by atoms with E-state index in [0.717, 1.165) is 36.3 Å². The lowest BCUT2D eigenvalue weighted by atomic mass is 10.1. The molecule has 0 spiro atoms. The average molecular weight is 996 g/mol. The van der Waals surface area contributed by atoms with Crippen molar-refractivity contribution in [3.05, 3.63) is 84.6 Å². The molecule has 0 saturated carbocycles. The number of alkyl halides is 2. The van der Waals surface area contributed by atoms with Crippen LogP contribution in [-0.4, -0.2) is 115 Å². The van der Waals surface area contributed by atoms with Crippen molar-refractivity contribution in [2.75, 3.05) is 25.6 Å². The zero-order chi connectivity index (χ0) is 47.3. The average Bonchev–Trinajstić information content (AvgIpc) is 3.97. The van der Waals surface area contributed by atoms with Gasteiger partial charge in [-0.2, -0.15) is 0 Å². The molecule has 11 atom stereocenters. The highest BCUT2D eigenvalue weighted by atomic mass is 32.7. The van der Waals surface area contributed by atoms with Crippen LogP contribution >= 0.6 is 26.0 Å². The number of aliphatic hydroxyl groups excluding tert-OH is 1. The zero-order valence-electron chi connectivity index (χ0n) is 35.9. The molecule has 4 aromatic rings. The number of halogens is 2. The van der Waals surface area contributed by atoms with Crippen LogP contribution in [0, 0.1) is 0 Å². The Morgan fingerprint density at radius 2 is 1.58 bits per heavy atom. The number of nitrogen functional groups attached to an aromatic ring is 1. The van der Waals surface area contributed by atoms with Crippen LogP contribution in [-0.2, 0) is 42.5 Å². The van der Waals surface area contributed by atoms with E-state index in [4.69, 9.17) is 42.8 Å². The number of ether oxygens (including phenoxy) is 4. The Labute approximate surface area is 386 Å². The molecule has 21 nitrogen and oxygen atoms in total. The van der Waals surface area contributed by atoms with Crippen LogP contribution in [0.5, 0.6) is 11.5 Å². The maximum Gasteiger partial charge on any atom is 0.472 e. The SMILES string of the molecule is CCCCCCCCOc1ccc(C(=O)Oc2ccc(CSP3(=O)OC[C@H]4O[C@@H](n5cnc6c(N)ncnc65)[C@H](F)[C@@H]4OP(=O)(O)OC[C@H]4O[C@@H](N5C=CC(O)NC5=O)[C@H](F)[C@@H]4O3)cc2)cc1. The van der Waals surface area contributed by atoms with Gasteiger partial charge in [0.2, 0.25) is 0 Å². The molecule has 26 heteroatoms. The fourth-order valence-corrected chi connectivity index (χ4v) is 11.9. The number of nitrogens with two attached hydrogens (primary N) is 1. The third-order valence-corrected chi connectivity index (χ3v) is 15.7. The van der Waals surface area contributed by atoms with E-state index in [1.165, 1.54) is 48.7 Å². The first-order valence-electron chi connectivity index (χ1n) is 21.5. The van der Waals surface area contributed by atoms with Crippen molar-refractivity contribution < 1.29 is 74.5 Å².